The zero-order valence-electron chi connectivity index (χ0n) is 22.1. The minimum Gasteiger partial charge on any atom is -0.560 e. The highest BCUT2D eigenvalue weighted by Gasteiger charge is 2.30. The molecule has 0 aliphatic carbocycles. The van der Waals surface area contributed by atoms with Gasteiger partial charge in [-0.2, -0.15) is 11.8 Å². The zero-order valence-corrected chi connectivity index (χ0v) is 22.9. The van der Waals surface area contributed by atoms with Gasteiger partial charge in [0.1, 0.15) is 30.5 Å². The van der Waals surface area contributed by atoms with Crippen molar-refractivity contribution in [2.45, 2.75) is 44.8 Å². The van der Waals surface area contributed by atoms with Crippen molar-refractivity contribution in [3.63, 3.8) is 0 Å². The Morgan fingerprint density at radius 3 is 2.32 bits per heavy atom. The number of carbonyl (C=O) groups is 3. The molecule has 0 aromatic heterocycles. The number of thioether (sulfide) groups is 1. The van der Waals surface area contributed by atoms with Crippen molar-refractivity contribution in [2.24, 2.45) is 10.9 Å². The van der Waals surface area contributed by atoms with Crippen LogP contribution in [-0.4, -0.2) is 75.6 Å². The minimum atomic E-state index is -0.862. The summed E-state index contributed by atoms with van der Waals surface area (Å²) in [6.07, 6.45) is 5.23. The predicted molar refractivity (Wildman–Crippen MR) is 151 cm³/mol. The minimum absolute atomic E-state index is 0.104. The summed E-state index contributed by atoms with van der Waals surface area (Å²) in [6, 6.07) is 4.77. The maximum Gasteiger partial charge on any atom is 0.329 e. The number of esters is 1. The molecule has 0 aliphatic rings. The van der Waals surface area contributed by atoms with Crippen LogP contribution in [0, 0.1) is 5.92 Å². The molecule has 0 saturated carbocycles. The van der Waals surface area contributed by atoms with E-state index in [0.717, 1.165) is 5.56 Å². The first kappa shape index (κ1) is 31.8. The molecule has 11 heteroatoms. The van der Waals surface area contributed by atoms with E-state index >= 15 is 0 Å². The number of hydrogen-bond donors (Lipinski definition) is 2. The molecule has 0 radical (unpaired) electrons. The summed E-state index contributed by atoms with van der Waals surface area (Å²) >= 11 is 1.44. The van der Waals surface area contributed by atoms with E-state index in [4.69, 9.17) is 14.1 Å². The van der Waals surface area contributed by atoms with E-state index in [0.29, 0.717) is 30.3 Å². The number of carbonyl (C=O) groups excluding carboxylic acids is 3. The van der Waals surface area contributed by atoms with Gasteiger partial charge in [0.15, 0.2) is 6.40 Å². The molecule has 1 rings (SSSR count). The molecule has 0 aliphatic heterocycles. The molecule has 0 bridgehead atoms. The number of ether oxygens (including phenoxy) is 2. The van der Waals surface area contributed by atoms with Gasteiger partial charge in [-0.05, 0) is 30.0 Å². The van der Waals surface area contributed by atoms with Crippen LogP contribution in [0.15, 0.2) is 54.6 Å². The van der Waals surface area contributed by atoms with E-state index in [-0.39, 0.29) is 12.3 Å². The first-order valence-corrected chi connectivity index (χ1v) is 13.1. The van der Waals surface area contributed by atoms with Gasteiger partial charge < -0.3 is 24.8 Å². The molecular formula is C26H38BN3O6S. The van der Waals surface area contributed by atoms with Gasteiger partial charge in [0.05, 0.1) is 7.11 Å². The van der Waals surface area contributed by atoms with Crippen LogP contribution in [0.2, 0.25) is 0 Å². The molecule has 1 aromatic rings. The molecule has 37 heavy (non-hydrogen) atoms. The van der Waals surface area contributed by atoms with Gasteiger partial charge in [-0.1, -0.05) is 44.7 Å². The quantitative estimate of drug-likeness (QED) is 0.0742. The number of nitrogens with one attached hydrogen (secondary N) is 2. The maximum absolute atomic E-state index is 13.2. The highest BCUT2D eigenvalue weighted by atomic mass is 32.2. The smallest absolute Gasteiger partial charge is 0.329 e. The van der Waals surface area contributed by atoms with Crippen molar-refractivity contribution in [2.75, 3.05) is 25.2 Å². The summed E-state index contributed by atoms with van der Waals surface area (Å²) < 4.78 is 15.3. The van der Waals surface area contributed by atoms with Crippen molar-refractivity contribution < 1.29 is 28.5 Å². The molecule has 0 heterocycles. The fraction of sp³-hybridized carbons (Fsp3) is 0.462. The lowest BCUT2D eigenvalue weighted by molar-refractivity contribution is -0.144. The van der Waals surface area contributed by atoms with Crippen molar-refractivity contribution in [1.29, 1.82) is 0 Å². The summed E-state index contributed by atoms with van der Waals surface area (Å²) in [5.74, 6) is 0.280. The van der Waals surface area contributed by atoms with Crippen molar-refractivity contribution in [1.82, 2.24) is 10.6 Å². The summed E-state index contributed by atoms with van der Waals surface area (Å²) in [5, 5.41) is 5.54. The molecule has 0 unspecified atom stereocenters. The normalized spacial score (nSPS) is 13.3. The Bertz CT molecular complexity index is 910. The SMILES string of the molecule is BOC=N[C@@H](Cc1ccc(OCC=C)cc1)C(=O)N[C@@H](CC(C)C)C(=O)N[C@@H](CSCC=C)C(=O)OC. The lowest BCUT2D eigenvalue weighted by atomic mass is 10.0. The standard InChI is InChI=1S/C26H38BN3O6S/c1-6-12-35-20-10-8-19(9-11-20)15-21(28-17-36-27)24(31)29-22(14-18(3)4)25(32)30-23(26(33)34-5)16-37-13-7-2/h6-11,17-18,21-23H,1-2,12-16,27H2,3-5H3,(H,29,31)(H,30,32)/t21-,22-,23-/m0/s1. The van der Waals surface area contributed by atoms with Crippen LogP contribution in [0.3, 0.4) is 0 Å². The van der Waals surface area contributed by atoms with Crippen LogP contribution in [0.25, 0.3) is 0 Å². The summed E-state index contributed by atoms with van der Waals surface area (Å²) in [6.45, 7) is 11.6. The van der Waals surface area contributed by atoms with E-state index in [1.165, 1.54) is 33.3 Å². The van der Waals surface area contributed by atoms with Gasteiger partial charge >= 0.3 is 14.0 Å². The molecule has 2 amide bonds. The Balaban J connectivity index is 3.00. The average molecular weight is 531 g/mol. The topological polar surface area (TPSA) is 115 Å². The molecule has 0 spiro atoms. The summed E-state index contributed by atoms with van der Waals surface area (Å²) in [7, 11) is 2.71. The first-order valence-electron chi connectivity index (χ1n) is 12.0. The van der Waals surface area contributed by atoms with Crippen molar-refractivity contribution in [3.05, 3.63) is 55.1 Å². The molecular weight excluding hydrogens is 493 g/mol. The van der Waals surface area contributed by atoms with Crippen LogP contribution < -0.4 is 15.4 Å². The van der Waals surface area contributed by atoms with Gasteiger partial charge in [-0.15, -0.1) is 6.58 Å². The third kappa shape index (κ3) is 12.5. The van der Waals surface area contributed by atoms with E-state index in [2.05, 4.69) is 28.8 Å². The van der Waals surface area contributed by atoms with Crippen LogP contribution in [-0.2, 0) is 30.2 Å². The van der Waals surface area contributed by atoms with Crippen LogP contribution in [0.4, 0.5) is 0 Å². The number of benzene rings is 1. The Morgan fingerprint density at radius 2 is 1.76 bits per heavy atom. The highest BCUT2D eigenvalue weighted by molar-refractivity contribution is 7.99. The van der Waals surface area contributed by atoms with Gasteiger partial charge in [0.25, 0.3) is 0 Å². The van der Waals surface area contributed by atoms with E-state index in [9.17, 15) is 14.4 Å². The largest absolute Gasteiger partial charge is 0.560 e. The maximum atomic E-state index is 13.2. The fourth-order valence-electron chi connectivity index (χ4n) is 3.27. The molecule has 3 atom stereocenters. The zero-order chi connectivity index (χ0) is 27.6. The lowest BCUT2D eigenvalue weighted by Gasteiger charge is -2.24. The molecule has 9 nitrogen and oxygen atoms in total. The van der Waals surface area contributed by atoms with Gasteiger partial charge in [0.2, 0.25) is 11.8 Å². The van der Waals surface area contributed by atoms with Crippen LogP contribution >= 0.6 is 11.8 Å². The number of aliphatic imine (C=N–C) groups is 1. The van der Waals surface area contributed by atoms with Crippen LogP contribution in [0.5, 0.6) is 5.75 Å². The molecule has 0 fully saturated rings. The van der Waals surface area contributed by atoms with Crippen molar-refractivity contribution in [3.8, 4) is 5.75 Å². The lowest BCUT2D eigenvalue weighted by Crippen LogP contribution is -2.54. The monoisotopic (exact) mass is 531 g/mol. The Kier molecular flexibility index (Phi) is 15.6. The van der Waals surface area contributed by atoms with Gasteiger partial charge in [-0.25, -0.2) is 9.79 Å². The second-order valence-electron chi connectivity index (χ2n) is 8.55. The van der Waals surface area contributed by atoms with E-state index in [1.807, 2.05) is 26.0 Å². The average Bonchev–Trinajstić information content (AvgIpc) is 2.88. The number of nitrogens with zero attached hydrogens (tertiary/aromatic N) is 1. The Hall–Kier alpha value is -3.21. The van der Waals surface area contributed by atoms with Gasteiger partial charge in [0, 0.05) is 17.9 Å². The van der Waals surface area contributed by atoms with Crippen molar-refractivity contribution >= 4 is 44.0 Å². The first-order chi connectivity index (χ1) is 17.7. The van der Waals surface area contributed by atoms with Crippen LogP contribution in [0.1, 0.15) is 25.8 Å². The molecule has 1 aromatic carbocycles. The molecule has 0 saturated heterocycles. The van der Waals surface area contributed by atoms with E-state index < -0.39 is 35.9 Å². The third-order valence-corrected chi connectivity index (χ3v) is 6.07. The van der Waals surface area contributed by atoms with Gasteiger partial charge in [-0.3, -0.25) is 9.59 Å². The number of rotatable bonds is 18. The Labute approximate surface area is 224 Å². The summed E-state index contributed by atoms with van der Waals surface area (Å²) in [5.41, 5.74) is 0.856. The highest BCUT2D eigenvalue weighted by Crippen LogP contribution is 2.15. The number of hydrogen-bond acceptors (Lipinski definition) is 8. The Morgan fingerprint density at radius 1 is 1.08 bits per heavy atom. The second kappa shape index (κ2) is 18.1. The summed E-state index contributed by atoms with van der Waals surface area (Å²) in [4.78, 5) is 42.8. The molecule has 202 valence electrons. The predicted octanol–water partition coefficient (Wildman–Crippen LogP) is 1.86. The van der Waals surface area contributed by atoms with E-state index in [1.54, 1.807) is 24.3 Å². The second-order valence-corrected chi connectivity index (χ2v) is 9.63. The number of amides is 2. The fourth-order valence-corrected chi connectivity index (χ4v) is 4.03. The third-order valence-electron chi connectivity index (χ3n) is 5.03. The number of methoxy groups -OCH3 is 1. The molecule has 2 N–H and O–H groups in total.